The smallest absolute Gasteiger partial charge is 0.257 e. The molecule has 2 aromatic rings. The van der Waals surface area contributed by atoms with E-state index in [1.807, 2.05) is 0 Å². The van der Waals surface area contributed by atoms with E-state index in [2.05, 4.69) is 10.3 Å². The third-order valence-corrected chi connectivity index (χ3v) is 3.83. The zero-order chi connectivity index (χ0) is 18.4. The molecule has 2 amide bonds. The maximum atomic E-state index is 12.2. The highest BCUT2D eigenvalue weighted by molar-refractivity contribution is 6.35. The van der Waals surface area contributed by atoms with E-state index >= 15 is 0 Å². The summed E-state index contributed by atoms with van der Waals surface area (Å²) in [6.45, 7) is 0.0854. The van der Waals surface area contributed by atoms with Crippen LogP contribution in [0, 0.1) is 5.41 Å². The number of pyridine rings is 1. The molecule has 4 N–H and O–H groups in total. The first-order chi connectivity index (χ1) is 11.9. The molecule has 0 aliphatic heterocycles. The molecular weight excluding hydrogens is 363 g/mol. The lowest BCUT2D eigenvalue weighted by atomic mass is 10.1. The maximum Gasteiger partial charge on any atom is 0.257 e. The molecular formula is C17H14Cl2N4O2. The van der Waals surface area contributed by atoms with Gasteiger partial charge in [-0.1, -0.05) is 29.3 Å². The molecule has 25 heavy (non-hydrogen) atoms. The van der Waals surface area contributed by atoms with Crippen LogP contribution in [0.4, 0.5) is 0 Å². The normalized spacial score (nSPS) is 11.0. The van der Waals surface area contributed by atoms with Gasteiger partial charge in [-0.3, -0.25) is 14.6 Å². The summed E-state index contributed by atoms with van der Waals surface area (Å²) in [5.74, 6) is -1.63. The molecule has 0 bridgehead atoms. The molecule has 0 saturated heterocycles. The fourth-order valence-corrected chi connectivity index (χ4v) is 2.42. The number of amides is 2. The number of allylic oxidation sites excluding steroid dienone is 1. The maximum absolute atomic E-state index is 12.2. The zero-order valence-electron chi connectivity index (χ0n) is 12.9. The van der Waals surface area contributed by atoms with Gasteiger partial charge in [0.25, 0.3) is 11.8 Å². The van der Waals surface area contributed by atoms with Crippen molar-refractivity contribution in [1.82, 2.24) is 10.3 Å². The van der Waals surface area contributed by atoms with Crippen molar-refractivity contribution in [2.75, 3.05) is 0 Å². The monoisotopic (exact) mass is 376 g/mol. The molecule has 8 heteroatoms. The molecule has 0 aliphatic rings. The highest BCUT2D eigenvalue weighted by Gasteiger charge is 2.17. The van der Waals surface area contributed by atoms with Gasteiger partial charge in [0.05, 0.1) is 5.71 Å². The number of carbonyl (C=O) groups is 2. The molecule has 1 aromatic carbocycles. The minimum absolute atomic E-state index is 0.0316. The van der Waals surface area contributed by atoms with Crippen LogP contribution in [-0.4, -0.2) is 22.5 Å². The molecule has 0 aliphatic carbocycles. The van der Waals surface area contributed by atoms with E-state index in [0.29, 0.717) is 21.2 Å². The number of primary amides is 1. The quantitative estimate of drug-likeness (QED) is 0.311. The number of nitrogens with two attached hydrogens (primary N) is 1. The van der Waals surface area contributed by atoms with Crippen molar-refractivity contribution >= 4 is 40.7 Å². The summed E-state index contributed by atoms with van der Waals surface area (Å²) < 4.78 is 0. The summed E-state index contributed by atoms with van der Waals surface area (Å²) >= 11 is 11.9. The molecule has 1 heterocycles. The van der Waals surface area contributed by atoms with Gasteiger partial charge < -0.3 is 16.5 Å². The van der Waals surface area contributed by atoms with Crippen LogP contribution in [0.25, 0.3) is 0 Å². The Balaban J connectivity index is 2.14. The van der Waals surface area contributed by atoms with Gasteiger partial charge in [0.2, 0.25) is 0 Å². The van der Waals surface area contributed by atoms with E-state index in [4.69, 9.17) is 34.3 Å². The number of aromatic nitrogens is 1. The summed E-state index contributed by atoms with van der Waals surface area (Å²) in [6.07, 6.45) is 4.13. The van der Waals surface area contributed by atoms with Crippen molar-refractivity contribution in [1.29, 1.82) is 5.41 Å². The number of carbonyl (C=O) groups excluding carboxylic acids is 2. The van der Waals surface area contributed by atoms with E-state index in [9.17, 15) is 9.59 Å². The van der Waals surface area contributed by atoms with Gasteiger partial charge in [-0.15, -0.1) is 0 Å². The Kier molecular flexibility index (Phi) is 6.27. The van der Waals surface area contributed by atoms with Crippen LogP contribution in [0.5, 0.6) is 0 Å². The summed E-state index contributed by atoms with van der Waals surface area (Å²) in [5, 5.41) is 11.4. The second-order valence-corrected chi connectivity index (χ2v) is 5.83. The van der Waals surface area contributed by atoms with E-state index in [0.717, 1.165) is 6.08 Å². The van der Waals surface area contributed by atoms with Gasteiger partial charge in [0, 0.05) is 34.5 Å². The Hall–Kier alpha value is -2.70. The lowest BCUT2D eigenvalue weighted by Gasteiger charge is -2.09. The minimum Gasteiger partial charge on any atom is -0.365 e. The predicted octanol–water partition coefficient (Wildman–Crippen LogP) is 2.48. The largest absolute Gasteiger partial charge is 0.365 e. The number of hydrogen-bond donors (Lipinski definition) is 3. The first-order valence-corrected chi connectivity index (χ1v) is 7.86. The van der Waals surface area contributed by atoms with Gasteiger partial charge in [0.1, 0.15) is 5.57 Å². The van der Waals surface area contributed by atoms with Crippen LogP contribution in [0.3, 0.4) is 0 Å². The highest BCUT2D eigenvalue weighted by atomic mass is 35.5. The molecule has 2 rings (SSSR count). The third-order valence-electron chi connectivity index (χ3n) is 3.24. The van der Waals surface area contributed by atoms with Crippen molar-refractivity contribution < 1.29 is 9.59 Å². The topological polar surface area (TPSA) is 109 Å². The molecule has 0 unspecified atom stereocenters. The molecule has 0 spiro atoms. The second kappa shape index (κ2) is 8.41. The zero-order valence-corrected chi connectivity index (χ0v) is 14.4. The first kappa shape index (κ1) is 18.6. The van der Waals surface area contributed by atoms with Crippen molar-refractivity contribution in [3.05, 3.63) is 75.5 Å². The van der Waals surface area contributed by atoms with Crippen molar-refractivity contribution in [3.8, 4) is 0 Å². The Morgan fingerprint density at radius 1 is 1.20 bits per heavy atom. The Labute approximate surface area is 154 Å². The molecule has 6 nitrogen and oxygen atoms in total. The van der Waals surface area contributed by atoms with Crippen molar-refractivity contribution in [3.63, 3.8) is 0 Å². The fraction of sp³-hybridized carbons (Fsp3) is 0.0588. The molecule has 128 valence electrons. The van der Waals surface area contributed by atoms with Gasteiger partial charge in [-0.2, -0.15) is 0 Å². The SMILES string of the molecule is N=C(C=C(C(N)=O)C(=O)NCc1ccc(Cl)cc1Cl)c1ccncc1. The standard InChI is InChI=1S/C17H14Cl2N4O2/c18-12-2-1-11(14(19)7-12)9-23-17(25)13(16(21)24)8-15(20)10-3-5-22-6-4-10/h1-8,20H,9H2,(H2,21,24)(H,23,25). The number of rotatable bonds is 6. The Bertz CT molecular complexity index is 851. The van der Waals surface area contributed by atoms with Gasteiger partial charge in [-0.05, 0) is 35.9 Å². The lowest BCUT2D eigenvalue weighted by molar-refractivity contribution is -0.122. The third kappa shape index (κ3) is 5.14. The summed E-state index contributed by atoms with van der Waals surface area (Å²) in [6, 6.07) is 8.02. The molecule has 1 aromatic heterocycles. The number of nitrogens with zero attached hydrogens (tertiary/aromatic N) is 1. The minimum atomic E-state index is -0.932. The predicted molar refractivity (Wildman–Crippen MR) is 96.7 cm³/mol. The van der Waals surface area contributed by atoms with Crippen molar-refractivity contribution in [2.24, 2.45) is 5.73 Å². The average Bonchev–Trinajstić information content (AvgIpc) is 2.59. The number of hydrogen-bond acceptors (Lipinski definition) is 4. The lowest BCUT2D eigenvalue weighted by Crippen LogP contribution is -2.32. The molecule has 0 fully saturated rings. The van der Waals surface area contributed by atoms with E-state index in [1.54, 1.807) is 30.3 Å². The summed E-state index contributed by atoms with van der Waals surface area (Å²) in [7, 11) is 0. The van der Waals surface area contributed by atoms with Crippen molar-refractivity contribution in [2.45, 2.75) is 6.54 Å². The number of benzene rings is 1. The van der Waals surface area contributed by atoms with Gasteiger partial charge >= 0.3 is 0 Å². The first-order valence-electron chi connectivity index (χ1n) is 7.11. The fourth-order valence-electron chi connectivity index (χ4n) is 1.94. The van der Waals surface area contributed by atoms with Gasteiger partial charge in [0.15, 0.2) is 0 Å². The Morgan fingerprint density at radius 3 is 2.48 bits per heavy atom. The van der Waals surface area contributed by atoms with Crippen LogP contribution in [0.1, 0.15) is 11.1 Å². The average molecular weight is 377 g/mol. The van der Waals surface area contributed by atoms with E-state index < -0.39 is 11.8 Å². The van der Waals surface area contributed by atoms with Crippen LogP contribution in [0.15, 0.2) is 54.4 Å². The second-order valence-electron chi connectivity index (χ2n) is 4.99. The number of halogens is 2. The highest BCUT2D eigenvalue weighted by Crippen LogP contribution is 2.20. The molecule has 0 atom stereocenters. The van der Waals surface area contributed by atoms with Gasteiger partial charge in [-0.25, -0.2) is 0 Å². The molecule has 0 saturated carbocycles. The van der Waals surface area contributed by atoms with Crippen LogP contribution >= 0.6 is 23.2 Å². The van der Waals surface area contributed by atoms with Crippen LogP contribution < -0.4 is 11.1 Å². The summed E-state index contributed by atoms with van der Waals surface area (Å²) in [5.41, 5.74) is 6.04. The van der Waals surface area contributed by atoms with Crippen LogP contribution in [-0.2, 0) is 16.1 Å². The molecule has 0 radical (unpaired) electrons. The number of nitrogens with one attached hydrogen (secondary N) is 2. The van der Waals surface area contributed by atoms with Crippen LogP contribution in [0.2, 0.25) is 10.0 Å². The van der Waals surface area contributed by atoms with E-state index in [1.165, 1.54) is 12.4 Å². The Morgan fingerprint density at radius 2 is 1.88 bits per heavy atom. The van der Waals surface area contributed by atoms with E-state index in [-0.39, 0.29) is 17.8 Å². The summed E-state index contributed by atoms with van der Waals surface area (Å²) in [4.78, 5) is 27.7.